The van der Waals surface area contributed by atoms with Crippen molar-refractivity contribution in [2.45, 2.75) is 40.4 Å². The van der Waals surface area contributed by atoms with Crippen molar-refractivity contribution in [2.24, 2.45) is 12.5 Å². The highest BCUT2D eigenvalue weighted by Gasteiger charge is 2.29. The van der Waals surface area contributed by atoms with Crippen LogP contribution in [0.4, 0.5) is 4.39 Å². The van der Waals surface area contributed by atoms with Gasteiger partial charge in [0.2, 0.25) is 11.9 Å². The first-order valence-corrected chi connectivity index (χ1v) is 11.7. The van der Waals surface area contributed by atoms with Crippen molar-refractivity contribution in [3.05, 3.63) is 88.4 Å². The summed E-state index contributed by atoms with van der Waals surface area (Å²) in [5.74, 6) is -0.840. The van der Waals surface area contributed by atoms with Crippen LogP contribution in [0.5, 0.6) is 0 Å². The summed E-state index contributed by atoms with van der Waals surface area (Å²) < 4.78 is 80.8. The van der Waals surface area contributed by atoms with Gasteiger partial charge in [0.05, 0.1) is 5.56 Å². The fourth-order valence-electron chi connectivity index (χ4n) is 5.17. The van der Waals surface area contributed by atoms with E-state index in [0.29, 0.717) is 49.9 Å². The number of pyridine rings is 1. The first kappa shape index (κ1) is 15.9. The van der Waals surface area contributed by atoms with Crippen LogP contribution in [0.25, 0.3) is 44.3 Å². The van der Waals surface area contributed by atoms with Crippen LogP contribution in [0.15, 0.2) is 59.1 Å². The van der Waals surface area contributed by atoms with Gasteiger partial charge in [-0.15, -0.1) is 0 Å². The highest BCUT2D eigenvalue weighted by Crippen LogP contribution is 2.42. The number of nitrogens with zero attached hydrogens (tertiary/aromatic N) is 2. The number of rotatable bonds is 2. The van der Waals surface area contributed by atoms with Gasteiger partial charge in [-0.25, -0.2) is 4.39 Å². The first-order valence-electron chi connectivity index (χ1n) is 15.2. The molecule has 0 bridgehead atoms. The molecule has 0 saturated carbocycles. The zero-order valence-electron chi connectivity index (χ0n) is 27.4. The number of hydrogen-bond donors (Lipinski definition) is 0. The van der Waals surface area contributed by atoms with Gasteiger partial charge in [0.1, 0.15) is 24.3 Å². The summed E-state index contributed by atoms with van der Waals surface area (Å²) in [5.41, 5.74) is 2.61. The summed E-state index contributed by atoms with van der Waals surface area (Å²) in [4.78, 5) is 0. The van der Waals surface area contributed by atoms with Gasteiger partial charge in [-0.3, -0.25) is 0 Å². The van der Waals surface area contributed by atoms with E-state index in [1.54, 1.807) is 45.2 Å². The van der Waals surface area contributed by atoms with E-state index in [-0.39, 0.29) is 11.1 Å². The standard InChI is InChI=1S/C32H28FN2O/c1-18-6-9-25-24-11-10-23(20-7-8-21-14-32(3,4)15-22(21)13-20)26(16-34)30(24)36-31(25)29(18)28-12-19(2)27(33)17-35(28)5/h6-13,17H,14-15H2,1-5H3/q+1/i2D3,14D2,15D2. The Morgan fingerprint density at radius 3 is 2.56 bits per heavy atom. The van der Waals surface area contributed by atoms with Gasteiger partial charge in [0, 0.05) is 32.0 Å². The monoisotopic (exact) mass is 482 g/mol. The fraction of sp³-hybridized carbons (Fsp3) is 0.250. The van der Waals surface area contributed by atoms with Crippen LogP contribution in [0.1, 0.15) is 51.3 Å². The number of furan rings is 1. The number of aromatic nitrogens is 1. The van der Waals surface area contributed by atoms with Gasteiger partial charge in [-0.2, -0.15) is 9.83 Å². The number of benzene rings is 3. The van der Waals surface area contributed by atoms with E-state index in [9.17, 15) is 9.65 Å². The Kier molecular flexibility index (Phi) is 3.43. The zero-order valence-corrected chi connectivity index (χ0v) is 20.4. The van der Waals surface area contributed by atoms with E-state index < -0.39 is 36.4 Å². The van der Waals surface area contributed by atoms with E-state index in [1.807, 2.05) is 25.1 Å². The van der Waals surface area contributed by atoms with Crippen LogP contribution >= 0.6 is 0 Å². The van der Waals surface area contributed by atoms with E-state index in [2.05, 4.69) is 6.07 Å². The van der Waals surface area contributed by atoms with Crippen molar-refractivity contribution >= 4 is 21.9 Å². The molecule has 0 N–H and O–H groups in total. The first-order chi connectivity index (χ1) is 19.9. The molecule has 0 radical (unpaired) electrons. The molecule has 1 aliphatic carbocycles. The lowest BCUT2D eigenvalue weighted by molar-refractivity contribution is -0.662. The lowest BCUT2D eigenvalue weighted by Crippen LogP contribution is -2.31. The molecule has 3 aromatic carbocycles. The second-order valence-corrected chi connectivity index (χ2v) is 9.88. The molecule has 36 heavy (non-hydrogen) atoms. The molecule has 0 amide bonds. The lowest BCUT2D eigenvalue weighted by Gasteiger charge is -2.14. The number of nitriles is 1. The quantitative estimate of drug-likeness (QED) is 0.245. The minimum Gasteiger partial charge on any atom is -0.454 e. The molecule has 2 aromatic heterocycles. The second-order valence-electron chi connectivity index (χ2n) is 9.88. The maximum Gasteiger partial charge on any atom is 0.216 e. The average molecular weight is 483 g/mol. The van der Waals surface area contributed by atoms with Crippen LogP contribution in [0.3, 0.4) is 0 Å². The van der Waals surface area contributed by atoms with E-state index in [0.717, 1.165) is 11.8 Å². The summed E-state index contributed by atoms with van der Waals surface area (Å²) in [5, 5.41) is 11.7. The van der Waals surface area contributed by atoms with Crippen molar-refractivity contribution in [2.75, 3.05) is 0 Å². The molecule has 178 valence electrons. The molecular weight excluding hydrogens is 447 g/mol. The van der Waals surface area contributed by atoms with E-state index in [1.165, 1.54) is 10.6 Å². The van der Waals surface area contributed by atoms with Crippen LogP contribution in [0, 0.1) is 36.3 Å². The molecule has 6 rings (SSSR count). The van der Waals surface area contributed by atoms with Gasteiger partial charge in [-0.05, 0) is 65.8 Å². The average Bonchev–Trinajstić information content (AvgIpc) is 3.34. The van der Waals surface area contributed by atoms with Gasteiger partial charge >= 0.3 is 0 Å². The lowest BCUT2D eigenvalue weighted by atomic mass is 9.90. The number of halogens is 1. The fourth-order valence-corrected chi connectivity index (χ4v) is 5.17. The Hall–Kier alpha value is -3.97. The molecule has 0 spiro atoms. The maximum absolute atomic E-state index is 14.7. The van der Waals surface area contributed by atoms with Crippen molar-refractivity contribution in [3.8, 4) is 28.5 Å². The van der Waals surface area contributed by atoms with E-state index >= 15 is 0 Å². The molecule has 0 atom stereocenters. The second kappa shape index (κ2) is 7.77. The Labute approximate surface area is 220 Å². The van der Waals surface area contributed by atoms with Crippen molar-refractivity contribution in [1.82, 2.24) is 0 Å². The van der Waals surface area contributed by atoms with Crippen LogP contribution in [-0.4, -0.2) is 0 Å². The van der Waals surface area contributed by atoms with Gasteiger partial charge in [-0.1, -0.05) is 50.2 Å². The predicted molar refractivity (Wildman–Crippen MR) is 141 cm³/mol. The largest absolute Gasteiger partial charge is 0.454 e. The Bertz CT molecular complexity index is 2050. The zero-order chi connectivity index (χ0) is 31.4. The third-order valence-corrected chi connectivity index (χ3v) is 6.84. The topological polar surface area (TPSA) is 40.8 Å². The van der Waals surface area contributed by atoms with Crippen LogP contribution in [-0.2, 0) is 19.8 Å². The highest BCUT2D eigenvalue weighted by molar-refractivity contribution is 6.12. The van der Waals surface area contributed by atoms with Crippen LogP contribution < -0.4 is 4.57 Å². The summed E-state index contributed by atoms with van der Waals surface area (Å²) >= 11 is 0. The number of aryl methyl sites for hydroxylation is 3. The molecule has 2 heterocycles. The van der Waals surface area contributed by atoms with Crippen LogP contribution in [0.2, 0.25) is 0 Å². The van der Waals surface area contributed by atoms with Crippen molar-refractivity contribution in [1.29, 1.82) is 5.26 Å². The Morgan fingerprint density at radius 1 is 1.03 bits per heavy atom. The van der Waals surface area contributed by atoms with E-state index in [4.69, 9.17) is 14.0 Å². The normalized spacial score (nSPS) is 20.4. The minimum absolute atomic E-state index is 0.227. The molecule has 0 saturated heterocycles. The third-order valence-electron chi connectivity index (χ3n) is 6.84. The molecule has 0 fully saturated rings. The Morgan fingerprint density at radius 2 is 1.78 bits per heavy atom. The Balaban J connectivity index is 1.60. The molecular formula is C32H28FN2O+. The SMILES string of the molecule is [2H]C([2H])([2H])c1cc(-c2c(C)ccc3c2oc2c(C#N)c(-c4ccc5c(c4)C([2H])([2H])C(C)(C)C5([2H])[2H])ccc23)[n+](C)cc1F. The molecule has 0 unspecified atom stereocenters. The molecule has 0 aliphatic heterocycles. The minimum atomic E-state index is -2.66. The van der Waals surface area contributed by atoms with Gasteiger partial charge in [0.15, 0.2) is 11.4 Å². The molecule has 1 aliphatic rings. The predicted octanol–water partition coefficient (Wildman–Crippen LogP) is 7.50. The van der Waals surface area contributed by atoms with Crippen molar-refractivity contribution in [3.63, 3.8) is 0 Å². The molecule has 5 aromatic rings. The summed E-state index contributed by atoms with van der Waals surface area (Å²) in [7, 11) is 1.62. The molecule has 3 nitrogen and oxygen atoms in total. The summed E-state index contributed by atoms with van der Waals surface area (Å²) in [6.07, 6.45) is -2.72. The summed E-state index contributed by atoms with van der Waals surface area (Å²) in [6, 6.07) is 15.8. The molecule has 4 heteroatoms. The van der Waals surface area contributed by atoms with Crippen molar-refractivity contribution < 1.29 is 23.0 Å². The number of fused-ring (bicyclic) bond motifs is 4. The smallest absolute Gasteiger partial charge is 0.216 e. The highest BCUT2D eigenvalue weighted by atomic mass is 19.1. The van der Waals surface area contributed by atoms with Gasteiger partial charge in [0.25, 0.3) is 0 Å². The third kappa shape index (κ3) is 3.34. The summed E-state index contributed by atoms with van der Waals surface area (Å²) in [6.45, 7) is 2.34. The van der Waals surface area contributed by atoms with Gasteiger partial charge < -0.3 is 4.42 Å². The maximum atomic E-state index is 14.7. The number of hydrogen-bond acceptors (Lipinski definition) is 2.